The van der Waals surface area contributed by atoms with Crippen molar-refractivity contribution in [1.29, 1.82) is 0 Å². The Morgan fingerprint density at radius 2 is 0.653 bits per heavy atom. The van der Waals surface area contributed by atoms with Gasteiger partial charge in [0.1, 0.15) is 0 Å². The molecule has 0 fully saturated rings. The highest BCUT2D eigenvalue weighted by molar-refractivity contribution is 9.11. The number of hydrogen-bond acceptors (Lipinski definition) is 6. The van der Waals surface area contributed by atoms with Crippen LogP contribution >= 0.6 is 54.5 Å². The molecule has 396 valence electrons. The lowest BCUT2D eigenvalue weighted by atomic mass is 9.92. The third-order valence-electron chi connectivity index (χ3n) is 15.7. The van der Waals surface area contributed by atoms with Crippen LogP contribution in [0.1, 0.15) is 233 Å². The first-order chi connectivity index (χ1) is 35.1. The summed E-state index contributed by atoms with van der Waals surface area (Å²) in [4.78, 5) is 64.3. The molecule has 0 amide bonds. The molecule has 0 saturated carbocycles. The van der Waals surface area contributed by atoms with Gasteiger partial charge in [0.2, 0.25) is 0 Å². The maximum absolute atomic E-state index is 15.7. The fourth-order valence-electron chi connectivity index (χ4n) is 11.5. The van der Waals surface area contributed by atoms with Crippen LogP contribution in [0.2, 0.25) is 0 Å². The van der Waals surface area contributed by atoms with Gasteiger partial charge in [-0.05, 0) is 106 Å². The summed E-state index contributed by atoms with van der Waals surface area (Å²) in [6, 6.07) is 11.7. The third kappa shape index (κ3) is 16.2. The van der Waals surface area contributed by atoms with Gasteiger partial charge >= 0.3 is 0 Å². The predicted molar refractivity (Wildman–Crippen MR) is 322 cm³/mol. The minimum atomic E-state index is -0.355. The molecule has 6 aromatic heterocycles. The van der Waals surface area contributed by atoms with Crippen molar-refractivity contribution < 1.29 is 0 Å². The van der Waals surface area contributed by atoms with Crippen molar-refractivity contribution in [2.75, 3.05) is 0 Å². The fourth-order valence-corrected chi connectivity index (χ4v) is 14.3. The van der Waals surface area contributed by atoms with Gasteiger partial charge in [-0.2, -0.15) is 0 Å². The number of unbranched alkanes of at least 4 members (excludes halogenated alkanes) is 24. The van der Waals surface area contributed by atoms with Crippen LogP contribution in [0.4, 0.5) is 0 Å². The molecule has 8 rings (SSSR count). The molecule has 2 atom stereocenters. The molecule has 0 radical (unpaired) electrons. The summed E-state index contributed by atoms with van der Waals surface area (Å²) in [5.74, 6) is 0.333. The molecule has 72 heavy (non-hydrogen) atoms. The monoisotopic (exact) mass is 1150 g/mol. The molecule has 0 aliphatic rings. The van der Waals surface area contributed by atoms with Gasteiger partial charge in [-0.25, -0.2) is 0 Å². The van der Waals surface area contributed by atoms with Crippen molar-refractivity contribution in [2.45, 2.75) is 246 Å². The van der Waals surface area contributed by atoms with Crippen molar-refractivity contribution in [1.82, 2.24) is 9.13 Å². The lowest BCUT2D eigenvalue weighted by Gasteiger charge is -2.18. The number of fused-ring (bicyclic) bond motifs is 6. The van der Waals surface area contributed by atoms with E-state index in [1.807, 2.05) is 36.4 Å². The van der Waals surface area contributed by atoms with Crippen LogP contribution in [-0.2, 0) is 13.1 Å². The third-order valence-corrected chi connectivity index (χ3v) is 19.0. The van der Waals surface area contributed by atoms with E-state index in [2.05, 4.69) is 59.6 Å². The molecule has 0 N–H and O–H groups in total. The molecule has 6 heterocycles. The summed E-state index contributed by atoms with van der Waals surface area (Å²) in [6.07, 6.45) is 37.9. The molecule has 2 aromatic carbocycles. The number of rotatable bonds is 38. The number of nitrogens with zero attached hydrogens (tertiary/aromatic N) is 2. The van der Waals surface area contributed by atoms with Gasteiger partial charge in [-0.3, -0.25) is 28.3 Å². The molecule has 2 unspecified atom stereocenters. The van der Waals surface area contributed by atoms with Gasteiger partial charge in [0.05, 0.1) is 18.3 Å². The summed E-state index contributed by atoms with van der Waals surface area (Å²) in [5, 5.41) is 2.39. The normalized spacial score (nSPS) is 12.9. The zero-order chi connectivity index (χ0) is 51.2. The highest BCUT2D eigenvalue weighted by atomic mass is 79.9. The Morgan fingerprint density at radius 3 is 0.917 bits per heavy atom. The largest absolute Gasteiger partial charge is 0.274 e. The van der Waals surface area contributed by atoms with Gasteiger partial charge in [0.15, 0.2) is 0 Å². The smallest absolute Gasteiger partial charge is 0.262 e. The molecular weight excluding hydrogens is 1060 g/mol. The van der Waals surface area contributed by atoms with Gasteiger partial charge in [-0.1, -0.05) is 207 Å². The zero-order valence-electron chi connectivity index (χ0n) is 44.8. The first kappa shape index (κ1) is 58.6. The van der Waals surface area contributed by atoms with E-state index in [0.717, 1.165) is 94.4 Å². The summed E-state index contributed by atoms with van der Waals surface area (Å²) in [6.45, 7) is 9.69. The van der Waals surface area contributed by atoms with Crippen molar-refractivity contribution in [3.63, 3.8) is 0 Å². The van der Waals surface area contributed by atoms with Crippen LogP contribution < -0.4 is 22.2 Å². The van der Waals surface area contributed by atoms with Crippen LogP contribution in [0.25, 0.3) is 53.2 Å². The zero-order valence-corrected chi connectivity index (χ0v) is 49.6. The van der Waals surface area contributed by atoms with Crippen LogP contribution in [0.15, 0.2) is 63.1 Å². The molecule has 0 saturated heterocycles. The second-order valence-electron chi connectivity index (χ2n) is 21.5. The van der Waals surface area contributed by atoms with E-state index in [1.54, 1.807) is 0 Å². The molecule has 0 spiro atoms. The quantitative estimate of drug-likeness (QED) is 0.0362. The van der Waals surface area contributed by atoms with E-state index in [9.17, 15) is 0 Å². The Morgan fingerprint density at radius 1 is 0.375 bits per heavy atom. The molecule has 4 bridgehead atoms. The Hall–Kier alpha value is -2.66. The molecular formula is C62H88Br2N2O4S2. The lowest BCUT2D eigenvalue weighted by Crippen LogP contribution is -2.33. The van der Waals surface area contributed by atoms with Crippen molar-refractivity contribution in [3.8, 4) is 20.9 Å². The Bertz CT molecular complexity index is 2580. The fraction of sp³-hybridized carbons (Fsp3) is 0.645. The molecule has 0 aliphatic heterocycles. The van der Waals surface area contributed by atoms with E-state index in [1.165, 1.54) is 160 Å². The van der Waals surface area contributed by atoms with E-state index in [4.69, 9.17) is 0 Å². The summed E-state index contributed by atoms with van der Waals surface area (Å²) in [7, 11) is 0. The van der Waals surface area contributed by atoms with E-state index in [0.29, 0.717) is 56.5 Å². The maximum atomic E-state index is 15.7. The summed E-state index contributed by atoms with van der Waals surface area (Å²) < 4.78 is 4.87. The number of hydrogen-bond donors (Lipinski definition) is 0. The lowest BCUT2D eigenvalue weighted by molar-refractivity contribution is 0.350. The van der Waals surface area contributed by atoms with Crippen LogP contribution in [0.5, 0.6) is 0 Å². The van der Waals surface area contributed by atoms with Gasteiger partial charge in [-0.15, -0.1) is 22.7 Å². The van der Waals surface area contributed by atoms with E-state index >= 15 is 19.2 Å². The van der Waals surface area contributed by atoms with Crippen molar-refractivity contribution in [3.05, 3.63) is 85.4 Å². The molecule has 10 heteroatoms. The summed E-state index contributed by atoms with van der Waals surface area (Å²) >= 11 is 10.4. The number of halogens is 2. The molecule has 6 nitrogen and oxygen atoms in total. The Kier molecular flexibility index (Phi) is 25.6. The van der Waals surface area contributed by atoms with Gasteiger partial charge < -0.3 is 0 Å². The van der Waals surface area contributed by atoms with Crippen LogP contribution in [-0.4, -0.2) is 9.13 Å². The van der Waals surface area contributed by atoms with Gasteiger partial charge in [0, 0.05) is 55.5 Å². The Labute approximate surface area is 457 Å². The van der Waals surface area contributed by atoms with E-state index < -0.39 is 0 Å². The Balaban J connectivity index is 1.49. The highest BCUT2D eigenvalue weighted by Gasteiger charge is 2.29. The highest BCUT2D eigenvalue weighted by Crippen LogP contribution is 2.44. The number of aromatic nitrogens is 2. The minimum Gasteiger partial charge on any atom is -0.274 e. The van der Waals surface area contributed by atoms with Gasteiger partial charge in [0.25, 0.3) is 22.2 Å². The average Bonchev–Trinajstić information content (AvgIpc) is 3.95. The summed E-state index contributed by atoms with van der Waals surface area (Å²) in [5.41, 5.74) is -0.0905. The first-order valence-electron chi connectivity index (χ1n) is 29.0. The van der Waals surface area contributed by atoms with Crippen LogP contribution in [0, 0.1) is 11.8 Å². The van der Waals surface area contributed by atoms with Crippen LogP contribution in [0.3, 0.4) is 0 Å². The van der Waals surface area contributed by atoms with Crippen molar-refractivity contribution >= 4 is 86.9 Å². The number of benzene rings is 2. The second kappa shape index (κ2) is 31.4. The molecule has 8 aromatic rings. The van der Waals surface area contributed by atoms with E-state index in [-0.39, 0.29) is 34.1 Å². The number of thiophene rings is 2. The SMILES string of the molecule is CCCCCCCCCCC(CCCCCCCC)Cn1c(=O)c2cc(-c3ccc(Br)s3)c(c1=O)c1c3cc(-c4ccc(Br)s4)c(c(=O)n(CC(CCCCCCCC)CCCCCCCCCC)c3=O)c21. The second-order valence-corrected chi connectivity index (χ2v) is 26.4. The topological polar surface area (TPSA) is 78.1 Å². The predicted octanol–water partition coefficient (Wildman–Crippen LogP) is 19.8. The molecule has 0 aliphatic carbocycles. The maximum Gasteiger partial charge on any atom is 0.262 e. The average molecular weight is 1150 g/mol. The minimum absolute atomic E-state index is 0.166. The first-order valence-corrected chi connectivity index (χ1v) is 32.3. The van der Waals surface area contributed by atoms with Crippen molar-refractivity contribution in [2.24, 2.45) is 11.8 Å². The standard InChI is InChI=1S/C62H88Br2N2O4S2/c1-5-9-13-17-21-23-27-31-35-45(33-29-25-19-15-11-7-3)43-65-59(67)49-41-47(51-37-39-53(63)71-51)57(61(65)69)56-50-42-48(52-38-40-54(64)72-52)58(55(49)56)62(70)66(60(50)68)44-46(34-30-26-20-16-12-8-4)36-32-28-24-22-18-14-10-6-2/h37-42,45-46H,5-36,43-44H2,1-4H3.